The van der Waals surface area contributed by atoms with Crippen LogP contribution in [0.25, 0.3) is 0 Å². The predicted molar refractivity (Wildman–Crippen MR) is 63.2 cm³/mol. The van der Waals surface area contributed by atoms with Gasteiger partial charge in [0.25, 0.3) is 0 Å². The van der Waals surface area contributed by atoms with Crippen molar-refractivity contribution in [2.24, 2.45) is 0 Å². The van der Waals surface area contributed by atoms with Crippen molar-refractivity contribution in [1.82, 2.24) is 19.6 Å². The molecule has 0 aliphatic rings. The fraction of sp³-hybridized carbons (Fsp3) is 0.300. The summed E-state index contributed by atoms with van der Waals surface area (Å²) in [6, 6.07) is 0.802. The fourth-order valence-electron chi connectivity index (χ4n) is 1.70. The second kappa shape index (κ2) is 5.13. The van der Waals surface area contributed by atoms with Crippen LogP contribution in [0.1, 0.15) is 21.9 Å². The number of carboxylic acids is 1. The molecule has 0 saturated carbocycles. The molecule has 0 aliphatic carbocycles. The van der Waals surface area contributed by atoms with Gasteiger partial charge in [0.1, 0.15) is 12.9 Å². The van der Waals surface area contributed by atoms with Crippen molar-refractivity contribution in [3.05, 3.63) is 39.5 Å². The Morgan fingerprint density at radius 3 is 2.50 bits per heavy atom. The van der Waals surface area contributed by atoms with Crippen molar-refractivity contribution < 1.29 is 28.0 Å². The Morgan fingerprint density at radius 2 is 2.09 bits per heavy atom. The zero-order chi connectivity index (χ0) is 16.7. The molecule has 0 bridgehead atoms. The molecule has 0 spiro atoms. The Bertz CT molecular complexity index is 717. The Hall–Kier alpha value is -2.92. The summed E-state index contributed by atoms with van der Waals surface area (Å²) in [6.07, 6.45) is -3.81. The van der Waals surface area contributed by atoms with Gasteiger partial charge in [-0.1, -0.05) is 0 Å². The van der Waals surface area contributed by atoms with E-state index in [1.807, 2.05) is 0 Å². The molecular weight excluding hydrogens is 311 g/mol. The van der Waals surface area contributed by atoms with E-state index in [-0.39, 0.29) is 5.69 Å². The lowest BCUT2D eigenvalue weighted by atomic mass is 10.4. The fourth-order valence-corrected chi connectivity index (χ4v) is 1.70. The van der Waals surface area contributed by atoms with Gasteiger partial charge in [0.15, 0.2) is 5.69 Å². The van der Waals surface area contributed by atoms with E-state index in [9.17, 15) is 28.1 Å². The van der Waals surface area contributed by atoms with Gasteiger partial charge in [0.2, 0.25) is 5.69 Å². The molecule has 0 unspecified atom stereocenters. The van der Waals surface area contributed by atoms with Gasteiger partial charge in [-0.3, -0.25) is 10.1 Å². The van der Waals surface area contributed by atoms with Crippen LogP contribution >= 0.6 is 0 Å². The molecule has 2 aromatic rings. The van der Waals surface area contributed by atoms with E-state index >= 15 is 0 Å². The van der Waals surface area contributed by atoms with Gasteiger partial charge in [-0.15, -0.1) is 0 Å². The molecule has 0 radical (unpaired) electrons. The van der Waals surface area contributed by atoms with Crippen LogP contribution in [0.3, 0.4) is 0 Å². The third kappa shape index (κ3) is 2.89. The number of nitrogens with zero attached hydrogens (tertiary/aromatic N) is 5. The Kier molecular flexibility index (Phi) is 3.60. The number of carbonyl (C=O) groups is 1. The van der Waals surface area contributed by atoms with E-state index in [2.05, 4.69) is 10.2 Å². The van der Waals surface area contributed by atoms with E-state index in [1.165, 1.54) is 6.92 Å². The average molecular weight is 319 g/mol. The van der Waals surface area contributed by atoms with Gasteiger partial charge < -0.3 is 5.11 Å². The molecule has 0 amide bonds. The van der Waals surface area contributed by atoms with Crippen LogP contribution in [-0.4, -0.2) is 35.6 Å². The number of aromatic carboxylic acids is 1. The van der Waals surface area contributed by atoms with Gasteiger partial charge >= 0.3 is 17.8 Å². The molecule has 0 atom stereocenters. The highest BCUT2D eigenvalue weighted by molar-refractivity contribution is 5.89. The predicted octanol–water partition coefficient (Wildman–Crippen LogP) is 1.52. The number of nitro groups is 1. The monoisotopic (exact) mass is 319 g/mol. The van der Waals surface area contributed by atoms with Crippen LogP contribution in [0.5, 0.6) is 0 Å². The first-order valence-corrected chi connectivity index (χ1v) is 5.66. The molecule has 118 valence electrons. The number of alkyl halides is 3. The average Bonchev–Trinajstić information content (AvgIpc) is 2.94. The summed E-state index contributed by atoms with van der Waals surface area (Å²) in [7, 11) is 0. The van der Waals surface area contributed by atoms with Crippen LogP contribution in [0.2, 0.25) is 0 Å². The van der Waals surface area contributed by atoms with Crippen LogP contribution in [-0.2, 0) is 12.8 Å². The molecule has 0 aromatic carbocycles. The quantitative estimate of drug-likeness (QED) is 0.674. The Balaban J connectivity index is 2.36. The third-order valence-electron chi connectivity index (χ3n) is 2.69. The van der Waals surface area contributed by atoms with Crippen molar-refractivity contribution in [1.29, 1.82) is 0 Å². The zero-order valence-corrected chi connectivity index (χ0v) is 10.9. The summed E-state index contributed by atoms with van der Waals surface area (Å²) in [5.41, 5.74) is -2.54. The van der Waals surface area contributed by atoms with E-state index in [1.54, 1.807) is 0 Å². The van der Waals surface area contributed by atoms with Crippen molar-refractivity contribution in [3.63, 3.8) is 0 Å². The number of aromatic nitrogens is 4. The first-order valence-electron chi connectivity index (χ1n) is 5.66. The van der Waals surface area contributed by atoms with E-state index in [4.69, 9.17) is 5.11 Å². The summed E-state index contributed by atoms with van der Waals surface area (Å²) in [5, 5.41) is 26.3. The summed E-state index contributed by atoms with van der Waals surface area (Å²) in [5.74, 6) is -1.61. The zero-order valence-electron chi connectivity index (χ0n) is 10.9. The Labute approximate surface area is 119 Å². The van der Waals surface area contributed by atoms with Gasteiger partial charge in [-0.2, -0.15) is 23.4 Å². The van der Waals surface area contributed by atoms with E-state index in [0.29, 0.717) is 0 Å². The molecule has 2 aromatic heterocycles. The van der Waals surface area contributed by atoms with Crippen molar-refractivity contribution in [2.75, 3.05) is 0 Å². The first kappa shape index (κ1) is 15.5. The van der Waals surface area contributed by atoms with E-state index in [0.717, 1.165) is 21.6 Å². The van der Waals surface area contributed by atoms with Gasteiger partial charge in [-0.05, 0) is 13.0 Å². The van der Waals surface area contributed by atoms with Crippen LogP contribution in [0, 0.1) is 17.0 Å². The summed E-state index contributed by atoms with van der Waals surface area (Å²) in [6.45, 7) is 0.967. The van der Waals surface area contributed by atoms with Gasteiger partial charge in [0, 0.05) is 5.69 Å². The Morgan fingerprint density at radius 1 is 1.45 bits per heavy atom. The minimum Gasteiger partial charge on any atom is -0.476 e. The van der Waals surface area contributed by atoms with Crippen LogP contribution in [0.15, 0.2) is 12.3 Å². The normalized spacial score (nSPS) is 11.6. The second-order valence-electron chi connectivity index (χ2n) is 4.27. The maximum absolute atomic E-state index is 12.5. The number of hydrogen-bond donors (Lipinski definition) is 1. The highest BCUT2D eigenvalue weighted by Crippen LogP contribution is 2.28. The maximum Gasteiger partial charge on any atom is 0.435 e. The summed E-state index contributed by atoms with van der Waals surface area (Å²) < 4.78 is 39.3. The number of aryl methyl sites for hydroxylation is 1. The maximum atomic E-state index is 12.5. The summed E-state index contributed by atoms with van der Waals surface area (Å²) in [4.78, 5) is 20.6. The molecule has 2 rings (SSSR count). The summed E-state index contributed by atoms with van der Waals surface area (Å²) >= 11 is 0. The number of carboxylic acid groups (broad SMARTS) is 1. The van der Waals surface area contributed by atoms with Crippen molar-refractivity contribution in [2.45, 2.75) is 19.8 Å². The first-order chi connectivity index (χ1) is 10.1. The van der Waals surface area contributed by atoms with Crippen molar-refractivity contribution in [3.8, 4) is 0 Å². The number of halogens is 3. The van der Waals surface area contributed by atoms with Gasteiger partial charge in [0.05, 0.1) is 4.92 Å². The van der Waals surface area contributed by atoms with Crippen LogP contribution < -0.4 is 0 Å². The molecule has 2 heterocycles. The molecule has 0 fully saturated rings. The largest absolute Gasteiger partial charge is 0.476 e. The standard InChI is InChI=1S/C10H8F3N5O4/c1-5-2-7(10(11,12)13)14-17(5)4-16-3-6(18(21)22)8(15-16)9(19)20/h2-3H,4H2,1H3,(H,19,20). The minimum atomic E-state index is -4.63. The van der Waals surface area contributed by atoms with Crippen molar-refractivity contribution >= 4 is 11.7 Å². The highest BCUT2D eigenvalue weighted by atomic mass is 19.4. The number of hydrogen-bond acceptors (Lipinski definition) is 5. The lowest BCUT2D eigenvalue weighted by molar-refractivity contribution is -0.385. The molecular formula is C10H8F3N5O4. The van der Waals surface area contributed by atoms with Gasteiger partial charge in [-0.25, -0.2) is 14.2 Å². The second-order valence-corrected chi connectivity index (χ2v) is 4.27. The molecule has 9 nitrogen and oxygen atoms in total. The van der Waals surface area contributed by atoms with Crippen LogP contribution in [0.4, 0.5) is 18.9 Å². The highest BCUT2D eigenvalue weighted by Gasteiger charge is 2.34. The molecule has 0 aliphatic heterocycles. The smallest absolute Gasteiger partial charge is 0.435 e. The molecule has 22 heavy (non-hydrogen) atoms. The molecule has 12 heteroatoms. The SMILES string of the molecule is Cc1cc(C(F)(F)F)nn1Cn1cc([N+](=O)[O-])c(C(=O)O)n1. The molecule has 0 saturated heterocycles. The minimum absolute atomic E-state index is 0.141. The molecule has 1 N–H and O–H groups in total. The number of rotatable bonds is 4. The lowest BCUT2D eigenvalue weighted by Crippen LogP contribution is -2.14. The lowest BCUT2D eigenvalue weighted by Gasteiger charge is -2.04. The third-order valence-corrected chi connectivity index (χ3v) is 2.69. The van der Waals surface area contributed by atoms with E-state index < -0.39 is 40.8 Å². The topological polar surface area (TPSA) is 116 Å².